The largest absolute Gasteiger partial charge is 0.368 e. The van der Waals surface area contributed by atoms with Crippen LogP contribution in [0.25, 0.3) is 0 Å². The molecular weight excluding hydrogens is 314 g/mol. The molecule has 5 nitrogen and oxygen atoms in total. The highest BCUT2D eigenvalue weighted by molar-refractivity contribution is 5.79. The Morgan fingerprint density at radius 2 is 2.12 bits per heavy atom. The number of carbonyl (C=O) groups excluding carboxylic acids is 1. The number of aryl methyl sites for hydroxylation is 1. The summed E-state index contributed by atoms with van der Waals surface area (Å²) in [6.45, 7) is 4.59. The quantitative estimate of drug-likeness (QED) is 0.860. The van der Waals surface area contributed by atoms with Crippen LogP contribution in [0.4, 0.5) is 0 Å². The van der Waals surface area contributed by atoms with E-state index < -0.39 is 0 Å². The summed E-state index contributed by atoms with van der Waals surface area (Å²) < 4.78 is 8.38. The highest BCUT2D eigenvalue weighted by Gasteiger charge is 2.32. The fourth-order valence-corrected chi connectivity index (χ4v) is 3.62. The van der Waals surface area contributed by atoms with Crippen molar-refractivity contribution in [2.45, 2.75) is 52.0 Å². The van der Waals surface area contributed by atoms with Crippen LogP contribution in [0.5, 0.6) is 0 Å². The van der Waals surface area contributed by atoms with Gasteiger partial charge in [-0.3, -0.25) is 9.78 Å². The zero-order chi connectivity index (χ0) is 17.2. The van der Waals surface area contributed by atoms with E-state index in [0.717, 1.165) is 30.8 Å². The number of nitrogens with zero attached hydrogens (tertiary/aromatic N) is 3. The average Bonchev–Trinajstić information content (AvgIpc) is 2.89. The van der Waals surface area contributed by atoms with Crippen molar-refractivity contribution >= 4 is 5.91 Å². The number of hydrogen-bond acceptors (Lipinski definition) is 3. The SMILES string of the molecule is Cc1cccc(CO[C@@H]2CN(C(=O)C3CCC3)Cc3cccn3C2)n1. The summed E-state index contributed by atoms with van der Waals surface area (Å²) in [6.07, 6.45) is 5.32. The monoisotopic (exact) mass is 339 g/mol. The van der Waals surface area contributed by atoms with Gasteiger partial charge in [-0.25, -0.2) is 0 Å². The Hall–Kier alpha value is -2.14. The number of amides is 1. The molecule has 4 rings (SSSR count). The van der Waals surface area contributed by atoms with Gasteiger partial charge in [-0.2, -0.15) is 0 Å². The smallest absolute Gasteiger partial charge is 0.226 e. The predicted octanol–water partition coefficient (Wildman–Crippen LogP) is 2.92. The molecular formula is C20H25N3O2. The van der Waals surface area contributed by atoms with Crippen LogP contribution in [0.1, 0.15) is 36.3 Å². The number of pyridine rings is 1. The molecule has 1 atom stereocenters. The summed E-state index contributed by atoms with van der Waals surface area (Å²) >= 11 is 0. The lowest BCUT2D eigenvalue weighted by Gasteiger charge is -2.32. The third-order valence-corrected chi connectivity index (χ3v) is 5.28. The molecule has 0 N–H and O–H groups in total. The summed E-state index contributed by atoms with van der Waals surface area (Å²) in [4.78, 5) is 19.3. The Bertz CT molecular complexity index is 751. The average molecular weight is 339 g/mol. The topological polar surface area (TPSA) is 47.4 Å². The van der Waals surface area contributed by atoms with Gasteiger partial charge in [0.15, 0.2) is 0 Å². The molecule has 1 aliphatic heterocycles. The maximum atomic E-state index is 12.8. The lowest BCUT2D eigenvalue weighted by Crippen LogP contribution is -2.42. The standard InChI is InChI=1S/C20H25N3O2/c1-15-5-2-8-17(21-15)14-25-19-12-22-10-4-9-18(22)11-23(13-19)20(24)16-6-3-7-16/h2,4-5,8-10,16,19H,3,6-7,11-14H2,1H3/t19-/m0/s1. The van der Waals surface area contributed by atoms with E-state index in [0.29, 0.717) is 25.6 Å². The maximum absolute atomic E-state index is 12.8. The van der Waals surface area contributed by atoms with Gasteiger partial charge in [0.2, 0.25) is 5.91 Å². The number of rotatable bonds is 4. The van der Waals surface area contributed by atoms with Gasteiger partial charge in [0, 0.05) is 30.0 Å². The molecule has 132 valence electrons. The highest BCUT2D eigenvalue weighted by Crippen LogP contribution is 2.29. The van der Waals surface area contributed by atoms with Crippen LogP contribution in [-0.2, 0) is 29.2 Å². The number of fused-ring (bicyclic) bond motifs is 1. The number of carbonyl (C=O) groups is 1. The van der Waals surface area contributed by atoms with Crippen LogP contribution in [0.3, 0.4) is 0 Å². The molecule has 0 spiro atoms. The Labute approximate surface area is 148 Å². The fraction of sp³-hybridized carbons (Fsp3) is 0.500. The van der Waals surface area contributed by atoms with E-state index >= 15 is 0 Å². The summed E-state index contributed by atoms with van der Waals surface area (Å²) in [6, 6.07) is 10.1. The van der Waals surface area contributed by atoms with Gasteiger partial charge in [-0.1, -0.05) is 12.5 Å². The molecule has 2 aromatic heterocycles. The first kappa shape index (κ1) is 16.3. The third kappa shape index (κ3) is 3.61. The van der Waals surface area contributed by atoms with Crippen molar-refractivity contribution in [1.82, 2.24) is 14.5 Å². The van der Waals surface area contributed by atoms with Gasteiger partial charge in [0.25, 0.3) is 0 Å². The van der Waals surface area contributed by atoms with Gasteiger partial charge >= 0.3 is 0 Å². The molecule has 3 heterocycles. The zero-order valence-electron chi connectivity index (χ0n) is 14.7. The third-order valence-electron chi connectivity index (χ3n) is 5.28. The molecule has 0 saturated heterocycles. The summed E-state index contributed by atoms with van der Waals surface area (Å²) in [5.74, 6) is 0.517. The molecule has 0 radical (unpaired) electrons. The van der Waals surface area contributed by atoms with E-state index in [1.54, 1.807) is 0 Å². The van der Waals surface area contributed by atoms with Crippen molar-refractivity contribution in [2.75, 3.05) is 6.54 Å². The van der Waals surface area contributed by atoms with Gasteiger partial charge in [-0.15, -0.1) is 0 Å². The number of hydrogen-bond donors (Lipinski definition) is 0. The van der Waals surface area contributed by atoms with E-state index in [1.165, 1.54) is 12.1 Å². The molecule has 2 aliphatic rings. The summed E-state index contributed by atoms with van der Waals surface area (Å²) in [5, 5.41) is 0. The molecule has 1 saturated carbocycles. The lowest BCUT2D eigenvalue weighted by atomic mass is 9.84. The predicted molar refractivity (Wildman–Crippen MR) is 94.7 cm³/mol. The van der Waals surface area contributed by atoms with Crippen LogP contribution >= 0.6 is 0 Å². The maximum Gasteiger partial charge on any atom is 0.226 e. The van der Waals surface area contributed by atoms with E-state index in [-0.39, 0.29) is 12.0 Å². The molecule has 0 unspecified atom stereocenters. The van der Waals surface area contributed by atoms with E-state index in [9.17, 15) is 4.79 Å². The molecule has 1 fully saturated rings. The molecule has 5 heteroatoms. The second-order valence-electron chi connectivity index (χ2n) is 7.20. The van der Waals surface area contributed by atoms with Crippen molar-refractivity contribution in [3.05, 3.63) is 53.6 Å². The first-order valence-electron chi connectivity index (χ1n) is 9.16. The van der Waals surface area contributed by atoms with Gasteiger partial charge in [0.1, 0.15) is 0 Å². The van der Waals surface area contributed by atoms with Crippen LogP contribution in [0.15, 0.2) is 36.5 Å². The zero-order valence-corrected chi connectivity index (χ0v) is 14.7. The van der Waals surface area contributed by atoms with Crippen LogP contribution < -0.4 is 0 Å². The Balaban J connectivity index is 1.47. The lowest BCUT2D eigenvalue weighted by molar-refractivity contribution is -0.140. The van der Waals surface area contributed by atoms with Crippen LogP contribution in [-0.4, -0.2) is 33.0 Å². The minimum absolute atomic E-state index is 0.0139. The number of aromatic nitrogens is 2. The van der Waals surface area contributed by atoms with Crippen LogP contribution in [0, 0.1) is 12.8 Å². The first-order chi connectivity index (χ1) is 12.2. The van der Waals surface area contributed by atoms with Crippen molar-refractivity contribution in [2.24, 2.45) is 5.92 Å². The second kappa shape index (κ2) is 7.00. The normalized spacial score (nSPS) is 20.7. The highest BCUT2D eigenvalue weighted by atomic mass is 16.5. The minimum Gasteiger partial charge on any atom is -0.368 e. The summed E-state index contributed by atoms with van der Waals surface area (Å²) in [5.41, 5.74) is 3.12. The van der Waals surface area contributed by atoms with E-state index in [1.807, 2.05) is 36.1 Å². The van der Waals surface area contributed by atoms with Gasteiger partial charge < -0.3 is 14.2 Å². The van der Waals surface area contributed by atoms with Crippen molar-refractivity contribution < 1.29 is 9.53 Å². The minimum atomic E-state index is -0.0139. The van der Waals surface area contributed by atoms with Crippen molar-refractivity contribution in [3.63, 3.8) is 0 Å². The molecule has 0 bridgehead atoms. The van der Waals surface area contributed by atoms with Gasteiger partial charge in [0.05, 0.1) is 31.5 Å². The summed E-state index contributed by atoms with van der Waals surface area (Å²) in [7, 11) is 0. The molecule has 2 aromatic rings. The van der Waals surface area contributed by atoms with Crippen molar-refractivity contribution in [3.8, 4) is 0 Å². The van der Waals surface area contributed by atoms with Crippen molar-refractivity contribution in [1.29, 1.82) is 0 Å². The van der Waals surface area contributed by atoms with E-state index in [4.69, 9.17) is 4.74 Å². The first-order valence-corrected chi connectivity index (χ1v) is 9.16. The fourth-order valence-electron chi connectivity index (χ4n) is 3.62. The Kier molecular flexibility index (Phi) is 4.57. The molecule has 1 amide bonds. The Morgan fingerprint density at radius 1 is 1.24 bits per heavy atom. The second-order valence-corrected chi connectivity index (χ2v) is 7.20. The Morgan fingerprint density at radius 3 is 2.88 bits per heavy atom. The van der Waals surface area contributed by atoms with Crippen LogP contribution in [0.2, 0.25) is 0 Å². The van der Waals surface area contributed by atoms with Gasteiger partial charge in [-0.05, 0) is 44.0 Å². The molecule has 1 aliphatic carbocycles. The molecule has 0 aromatic carbocycles. The number of ether oxygens (including phenoxy) is 1. The molecule has 25 heavy (non-hydrogen) atoms. The van der Waals surface area contributed by atoms with E-state index in [2.05, 4.69) is 21.8 Å².